The Morgan fingerprint density at radius 3 is 2.75 bits per heavy atom. The highest BCUT2D eigenvalue weighted by Crippen LogP contribution is 2.26. The number of rotatable bonds is 1. The first-order chi connectivity index (χ1) is 7.83. The van der Waals surface area contributed by atoms with Crippen LogP contribution in [0.5, 0.6) is 0 Å². The highest BCUT2D eigenvalue weighted by molar-refractivity contribution is 5.80. The van der Waals surface area contributed by atoms with Crippen LogP contribution in [0.25, 0.3) is 22.4 Å². The minimum absolute atomic E-state index is 0.678. The molecule has 3 rings (SSSR count). The van der Waals surface area contributed by atoms with E-state index >= 15 is 0 Å². The van der Waals surface area contributed by atoms with Crippen molar-refractivity contribution in [3.8, 4) is 11.3 Å². The minimum atomic E-state index is 0.678. The van der Waals surface area contributed by atoms with Gasteiger partial charge in [0.05, 0.1) is 0 Å². The van der Waals surface area contributed by atoms with Crippen LogP contribution in [0.3, 0.4) is 0 Å². The number of fused-ring (bicyclic) bond motifs is 1. The third kappa shape index (κ3) is 1.46. The standard InChI is InChI=1S/C13H10N2O/c1-9-6-11-7-12(16-13(11)15-8-9)10-2-4-14-5-3-10/h2-8H,1H3. The van der Waals surface area contributed by atoms with Gasteiger partial charge in [-0.1, -0.05) is 0 Å². The van der Waals surface area contributed by atoms with Gasteiger partial charge < -0.3 is 4.42 Å². The number of aromatic nitrogens is 2. The summed E-state index contributed by atoms with van der Waals surface area (Å²) >= 11 is 0. The van der Waals surface area contributed by atoms with Crippen molar-refractivity contribution < 1.29 is 4.42 Å². The van der Waals surface area contributed by atoms with Gasteiger partial charge in [-0.2, -0.15) is 0 Å². The molecule has 0 N–H and O–H groups in total. The predicted octanol–water partition coefficient (Wildman–Crippen LogP) is 3.20. The van der Waals surface area contributed by atoms with Gasteiger partial charge in [0.25, 0.3) is 0 Å². The molecule has 0 unspecified atom stereocenters. The van der Waals surface area contributed by atoms with Crippen molar-refractivity contribution in [2.45, 2.75) is 6.92 Å². The van der Waals surface area contributed by atoms with Crippen LogP contribution in [0, 0.1) is 6.92 Å². The third-order valence-electron chi connectivity index (χ3n) is 2.47. The van der Waals surface area contributed by atoms with Gasteiger partial charge in [0.15, 0.2) is 0 Å². The van der Waals surface area contributed by atoms with Crippen LogP contribution in [0.15, 0.2) is 47.3 Å². The van der Waals surface area contributed by atoms with E-state index < -0.39 is 0 Å². The SMILES string of the molecule is Cc1cnc2oc(-c3ccncc3)cc2c1. The molecule has 3 aromatic rings. The average Bonchev–Trinajstić information content (AvgIpc) is 2.73. The Labute approximate surface area is 92.8 Å². The topological polar surface area (TPSA) is 38.9 Å². The molecular formula is C13H10N2O. The van der Waals surface area contributed by atoms with Crippen LogP contribution in [-0.4, -0.2) is 9.97 Å². The van der Waals surface area contributed by atoms with E-state index in [1.807, 2.05) is 31.3 Å². The molecule has 78 valence electrons. The molecule has 3 nitrogen and oxygen atoms in total. The van der Waals surface area contributed by atoms with E-state index in [4.69, 9.17) is 4.42 Å². The quantitative estimate of drug-likeness (QED) is 0.619. The summed E-state index contributed by atoms with van der Waals surface area (Å²) in [6.45, 7) is 2.02. The molecule has 3 heterocycles. The lowest BCUT2D eigenvalue weighted by atomic mass is 10.2. The zero-order chi connectivity index (χ0) is 11.0. The normalized spacial score (nSPS) is 10.8. The summed E-state index contributed by atoms with van der Waals surface area (Å²) in [5.74, 6) is 0.829. The predicted molar refractivity (Wildman–Crippen MR) is 62.0 cm³/mol. The molecule has 3 heteroatoms. The van der Waals surface area contributed by atoms with E-state index in [9.17, 15) is 0 Å². The first-order valence-electron chi connectivity index (χ1n) is 5.09. The molecule has 0 bridgehead atoms. The molecule has 0 aliphatic heterocycles. The number of furan rings is 1. The van der Waals surface area contributed by atoms with E-state index in [0.717, 1.165) is 22.3 Å². The van der Waals surface area contributed by atoms with Gasteiger partial charge in [0.2, 0.25) is 5.71 Å². The summed E-state index contributed by atoms with van der Waals surface area (Å²) in [7, 11) is 0. The Kier molecular flexibility index (Phi) is 1.96. The van der Waals surface area contributed by atoms with E-state index in [1.165, 1.54) is 0 Å². The first-order valence-corrected chi connectivity index (χ1v) is 5.09. The Morgan fingerprint density at radius 1 is 1.12 bits per heavy atom. The van der Waals surface area contributed by atoms with Crippen molar-refractivity contribution in [1.82, 2.24) is 9.97 Å². The Morgan fingerprint density at radius 2 is 1.94 bits per heavy atom. The number of aryl methyl sites for hydroxylation is 1. The molecule has 0 saturated heterocycles. The number of hydrogen-bond acceptors (Lipinski definition) is 3. The van der Waals surface area contributed by atoms with Crippen LogP contribution in [0.2, 0.25) is 0 Å². The second-order valence-electron chi connectivity index (χ2n) is 3.75. The third-order valence-corrected chi connectivity index (χ3v) is 2.47. The van der Waals surface area contributed by atoms with Crippen LogP contribution >= 0.6 is 0 Å². The minimum Gasteiger partial charge on any atom is -0.438 e. The summed E-state index contributed by atoms with van der Waals surface area (Å²) < 4.78 is 5.67. The van der Waals surface area contributed by atoms with E-state index in [1.54, 1.807) is 12.4 Å². The van der Waals surface area contributed by atoms with Gasteiger partial charge >= 0.3 is 0 Å². The van der Waals surface area contributed by atoms with Crippen molar-refractivity contribution in [3.63, 3.8) is 0 Å². The lowest BCUT2D eigenvalue weighted by Gasteiger charge is -1.92. The first kappa shape index (κ1) is 9.09. The monoisotopic (exact) mass is 210 g/mol. The Balaban J connectivity index is 2.19. The smallest absolute Gasteiger partial charge is 0.226 e. The maximum Gasteiger partial charge on any atom is 0.226 e. The second kappa shape index (κ2) is 3.45. The van der Waals surface area contributed by atoms with Crippen LogP contribution in [0.4, 0.5) is 0 Å². The number of pyridine rings is 2. The molecule has 0 saturated carbocycles. The highest BCUT2D eigenvalue weighted by Gasteiger charge is 2.06. The van der Waals surface area contributed by atoms with Crippen LogP contribution < -0.4 is 0 Å². The maximum atomic E-state index is 5.67. The molecule has 0 atom stereocenters. The van der Waals surface area contributed by atoms with Gasteiger partial charge in [0.1, 0.15) is 5.76 Å². The molecular weight excluding hydrogens is 200 g/mol. The van der Waals surface area contributed by atoms with Crippen molar-refractivity contribution in [1.29, 1.82) is 0 Å². The molecule has 0 aliphatic carbocycles. The largest absolute Gasteiger partial charge is 0.438 e. The Hall–Kier alpha value is -2.16. The van der Waals surface area contributed by atoms with Gasteiger partial charge in [-0.05, 0) is 36.8 Å². The van der Waals surface area contributed by atoms with Gasteiger partial charge in [-0.25, -0.2) is 4.98 Å². The Bertz CT molecular complexity index is 629. The molecule has 0 aromatic carbocycles. The number of hydrogen-bond donors (Lipinski definition) is 0. The van der Waals surface area contributed by atoms with Crippen LogP contribution in [0.1, 0.15) is 5.56 Å². The fraction of sp³-hybridized carbons (Fsp3) is 0.0769. The van der Waals surface area contributed by atoms with Gasteiger partial charge in [-0.3, -0.25) is 4.98 Å². The molecule has 16 heavy (non-hydrogen) atoms. The van der Waals surface area contributed by atoms with Crippen molar-refractivity contribution >= 4 is 11.1 Å². The lowest BCUT2D eigenvalue weighted by Crippen LogP contribution is -1.74. The zero-order valence-corrected chi connectivity index (χ0v) is 8.84. The summed E-state index contributed by atoms with van der Waals surface area (Å²) in [4.78, 5) is 8.23. The van der Waals surface area contributed by atoms with Gasteiger partial charge in [-0.15, -0.1) is 0 Å². The van der Waals surface area contributed by atoms with E-state index in [0.29, 0.717) is 5.71 Å². The maximum absolute atomic E-state index is 5.67. The molecule has 0 radical (unpaired) electrons. The zero-order valence-electron chi connectivity index (χ0n) is 8.84. The average molecular weight is 210 g/mol. The summed E-state index contributed by atoms with van der Waals surface area (Å²) in [6.07, 6.45) is 5.31. The molecule has 0 aliphatic rings. The second-order valence-corrected chi connectivity index (χ2v) is 3.75. The highest BCUT2D eigenvalue weighted by atomic mass is 16.3. The summed E-state index contributed by atoms with van der Waals surface area (Å²) in [5, 5.41) is 1.03. The van der Waals surface area contributed by atoms with Gasteiger partial charge in [0, 0.05) is 29.5 Å². The van der Waals surface area contributed by atoms with Crippen molar-refractivity contribution in [2.75, 3.05) is 0 Å². The van der Waals surface area contributed by atoms with E-state index in [-0.39, 0.29) is 0 Å². The molecule has 0 amide bonds. The summed E-state index contributed by atoms with van der Waals surface area (Å²) in [5.41, 5.74) is 2.83. The van der Waals surface area contributed by atoms with Crippen molar-refractivity contribution in [3.05, 3.63) is 48.4 Å². The van der Waals surface area contributed by atoms with Crippen molar-refractivity contribution in [2.24, 2.45) is 0 Å². The lowest BCUT2D eigenvalue weighted by molar-refractivity contribution is 0.618. The fourth-order valence-corrected chi connectivity index (χ4v) is 1.70. The molecule has 3 aromatic heterocycles. The fourth-order valence-electron chi connectivity index (χ4n) is 1.70. The van der Waals surface area contributed by atoms with E-state index in [2.05, 4.69) is 16.0 Å². The summed E-state index contributed by atoms with van der Waals surface area (Å²) in [6, 6.07) is 7.91. The molecule has 0 spiro atoms. The van der Waals surface area contributed by atoms with Crippen LogP contribution in [-0.2, 0) is 0 Å². The molecule has 0 fully saturated rings. The number of nitrogens with zero attached hydrogens (tertiary/aromatic N) is 2.